The molecule has 0 unspecified atom stereocenters. The van der Waals surface area contributed by atoms with Crippen LogP contribution < -0.4 is 0 Å². The number of halogens is 18. The molecular weight excluding hydrogens is 534 g/mol. The number of rotatable bonds is 6. The Kier molecular flexibility index (Phi) is 15.5. The molecule has 0 amide bonds. The fraction of sp³-hybridized carbons (Fsp3) is 1.00. The van der Waals surface area contributed by atoms with E-state index in [1.807, 2.05) is 0 Å². The molecule has 0 aromatic rings. The van der Waals surface area contributed by atoms with Gasteiger partial charge in [-0.3, -0.25) is 4.70 Å². The zero-order valence-corrected chi connectivity index (χ0v) is 17.7. The zero-order chi connectivity index (χ0) is 27.9. The van der Waals surface area contributed by atoms with E-state index in [4.69, 9.17) is 0 Å². The Hall–Kier alpha value is -1.26. The largest absolute Gasteiger partial charge is 0.402 e. The molecule has 18 heteroatoms. The van der Waals surface area contributed by atoms with Crippen molar-refractivity contribution in [3.05, 3.63) is 0 Å². The third-order valence-electron chi connectivity index (χ3n) is 3.78. The van der Waals surface area contributed by atoms with Crippen molar-refractivity contribution in [1.82, 2.24) is 0 Å². The van der Waals surface area contributed by atoms with Gasteiger partial charge >= 0.3 is 30.4 Å². The predicted octanol–water partition coefficient (Wildman–Crippen LogP) is 9.60. The van der Waals surface area contributed by atoms with Crippen LogP contribution in [-0.4, -0.2) is 42.7 Å². The van der Waals surface area contributed by atoms with E-state index in [0.29, 0.717) is 0 Å². The second-order valence-electron chi connectivity index (χ2n) is 6.98. The lowest BCUT2D eigenvalue weighted by Gasteiger charge is -2.29. The third-order valence-corrected chi connectivity index (χ3v) is 3.78. The van der Waals surface area contributed by atoms with Crippen molar-refractivity contribution in [1.29, 1.82) is 0 Å². The first-order valence-corrected chi connectivity index (χ1v) is 8.61. The second kappa shape index (κ2) is 13.2. The van der Waals surface area contributed by atoms with Gasteiger partial charge in [-0.05, 0) is 13.8 Å². The average Bonchev–Trinajstić information content (AvgIpc) is 2.50. The minimum Gasteiger partial charge on any atom is -0.269 e. The first kappa shape index (κ1) is 39.9. The van der Waals surface area contributed by atoms with E-state index in [9.17, 15) is 74.6 Å². The summed E-state index contributed by atoms with van der Waals surface area (Å²) in [5.74, 6) is -12.6. The van der Waals surface area contributed by atoms with E-state index in [2.05, 4.69) is 0 Å². The van der Waals surface area contributed by atoms with Gasteiger partial charge in [-0.1, -0.05) is 13.8 Å². The quantitative estimate of drug-likeness (QED) is 0.286. The second-order valence-corrected chi connectivity index (χ2v) is 6.98. The molecule has 0 bridgehead atoms. The lowest BCUT2D eigenvalue weighted by molar-refractivity contribution is -0.327. The minimum absolute atomic E-state index is 0. The van der Waals surface area contributed by atoms with Gasteiger partial charge in [0.1, 0.15) is 6.42 Å². The van der Waals surface area contributed by atoms with Gasteiger partial charge in [-0.2, -0.15) is 57.1 Å². The van der Waals surface area contributed by atoms with E-state index in [1.165, 1.54) is 0 Å². The van der Waals surface area contributed by atoms with Gasteiger partial charge in [-0.25, -0.2) is 17.6 Å². The molecule has 0 heterocycles. The molecule has 0 N–H and O–H groups in total. The van der Waals surface area contributed by atoms with Crippen LogP contribution in [0.1, 0.15) is 53.4 Å². The molecule has 0 aliphatic rings. The highest BCUT2D eigenvalue weighted by Gasteiger charge is 2.64. The summed E-state index contributed by atoms with van der Waals surface area (Å²) in [6.07, 6.45) is -24.7. The Balaban J connectivity index is -0.000000196. The molecule has 0 aliphatic carbocycles. The van der Waals surface area contributed by atoms with Crippen molar-refractivity contribution in [3.8, 4) is 0 Å². The van der Waals surface area contributed by atoms with E-state index < -0.39 is 73.8 Å². The predicted molar refractivity (Wildman–Crippen MR) is 85.1 cm³/mol. The first-order chi connectivity index (χ1) is 14.0. The van der Waals surface area contributed by atoms with E-state index in [0.717, 1.165) is 13.8 Å². The van der Waals surface area contributed by atoms with Crippen molar-refractivity contribution in [2.24, 2.45) is 5.41 Å². The molecule has 0 radical (unpaired) electrons. The summed E-state index contributed by atoms with van der Waals surface area (Å²) in [5.41, 5.74) is -3.62. The van der Waals surface area contributed by atoms with Crippen LogP contribution in [0.3, 0.4) is 0 Å². The Morgan fingerprint density at radius 3 is 1.00 bits per heavy atom. The van der Waals surface area contributed by atoms with E-state index in [-0.39, 0.29) is 18.6 Å². The van der Waals surface area contributed by atoms with Crippen LogP contribution in [0.2, 0.25) is 0 Å². The highest BCUT2D eigenvalue weighted by molar-refractivity contribution is 4.84. The molecule has 0 saturated heterocycles. The van der Waals surface area contributed by atoms with Crippen LogP contribution >= 0.6 is 0 Å². The normalized spacial score (nSPS) is 13.9. The summed E-state index contributed by atoms with van der Waals surface area (Å²) in [6.45, 7) is 2.05. The van der Waals surface area contributed by atoms with Crippen LogP contribution in [0.25, 0.3) is 0 Å². The SMILES string of the molecule is CC(C)(C(F)(F)F)C(F)(F)F.CCC(F)(F)C(F)(F)CC(F)F.CCC(F)(F)CC(F)(F)F.F. The maximum atomic E-state index is 12.2. The van der Waals surface area contributed by atoms with Crippen LogP contribution in [-0.2, 0) is 0 Å². The lowest BCUT2D eigenvalue weighted by atomic mass is 9.92. The number of alkyl halides is 17. The van der Waals surface area contributed by atoms with Gasteiger partial charge in [0, 0.05) is 12.8 Å². The molecule has 0 nitrogen and oxygen atoms in total. The molecule has 0 fully saturated rings. The molecule has 0 aromatic heterocycles. The van der Waals surface area contributed by atoms with Gasteiger partial charge in [0.25, 0.3) is 5.92 Å². The zero-order valence-electron chi connectivity index (χ0n) is 17.7. The monoisotopic (exact) mass is 556 g/mol. The average molecular weight is 556 g/mol. The molecule has 0 atom stereocenters. The van der Waals surface area contributed by atoms with Crippen LogP contribution in [0.4, 0.5) is 79.3 Å². The highest BCUT2D eigenvalue weighted by Crippen LogP contribution is 2.49. The van der Waals surface area contributed by atoms with Crippen molar-refractivity contribution >= 4 is 0 Å². The first-order valence-electron chi connectivity index (χ1n) is 8.61. The molecule has 0 rings (SSSR count). The number of hydrogen-bond acceptors (Lipinski definition) is 0. The fourth-order valence-electron chi connectivity index (χ4n) is 1.18. The molecular formula is C16H22F18. The summed E-state index contributed by atoms with van der Waals surface area (Å²) in [7, 11) is 0. The summed E-state index contributed by atoms with van der Waals surface area (Å²) in [6, 6.07) is 0. The van der Waals surface area contributed by atoms with Crippen molar-refractivity contribution < 1.29 is 79.3 Å². The Labute approximate surface area is 182 Å². The molecule has 0 aromatic carbocycles. The van der Waals surface area contributed by atoms with Crippen LogP contribution in [0, 0.1) is 5.41 Å². The van der Waals surface area contributed by atoms with E-state index in [1.54, 1.807) is 0 Å². The summed E-state index contributed by atoms with van der Waals surface area (Å²) < 4.78 is 199. The van der Waals surface area contributed by atoms with Gasteiger partial charge in [-0.15, -0.1) is 0 Å². The fourth-order valence-corrected chi connectivity index (χ4v) is 1.18. The van der Waals surface area contributed by atoms with E-state index >= 15 is 0 Å². The Bertz CT molecular complexity index is 522. The molecule has 212 valence electrons. The molecule has 34 heavy (non-hydrogen) atoms. The Morgan fingerprint density at radius 1 is 0.559 bits per heavy atom. The minimum atomic E-state index is -5.24. The third kappa shape index (κ3) is 14.9. The number of hydrogen-bond donors (Lipinski definition) is 0. The topological polar surface area (TPSA) is 0 Å². The smallest absolute Gasteiger partial charge is 0.269 e. The van der Waals surface area contributed by atoms with Crippen molar-refractivity contribution in [2.45, 2.75) is 96.1 Å². The highest BCUT2D eigenvalue weighted by atomic mass is 19.4. The molecule has 0 aliphatic heterocycles. The van der Waals surface area contributed by atoms with Crippen molar-refractivity contribution in [3.63, 3.8) is 0 Å². The van der Waals surface area contributed by atoms with Gasteiger partial charge in [0.05, 0.1) is 6.42 Å². The maximum Gasteiger partial charge on any atom is 0.402 e. The molecule has 0 saturated carbocycles. The molecule has 0 spiro atoms. The van der Waals surface area contributed by atoms with Gasteiger partial charge in [0.2, 0.25) is 6.43 Å². The van der Waals surface area contributed by atoms with Crippen LogP contribution in [0.5, 0.6) is 0 Å². The lowest BCUT2D eigenvalue weighted by Crippen LogP contribution is -2.44. The summed E-state index contributed by atoms with van der Waals surface area (Å²) in [4.78, 5) is 0. The standard InChI is InChI=1S/C6H8F6.C5H6F6.C5H7F5.FH/c1-2-5(9,10)6(11,12)3-4(7)8;1-3(2,4(6,7)8)5(9,10)11;1-2-4(6,7)3-5(8,9)10;/h4H,2-3H2,1H3;1-2H3;2-3H2,1H3;1H. The van der Waals surface area contributed by atoms with Gasteiger partial charge < -0.3 is 0 Å². The van der Waals surface area contributed by atoms with Crippen LogP contribution in [0.15, 0.2) is 0 Å². The Morgan fingerprint density at radius 2 is 0.882 bits per heavy atom. The summed E-state index contributed by atoms with van der Waals surface area (Å²) >= 11 is 0. The van der Waals surface area contributed by atoms with Gasteiger partial charge in [0.15, 0.2) is 5.41 Å². The van der Waals surface area contributed by atoms with Crippen molar-refractivity contribution in [2.75, 3.05) is 0 Å². The maximum absolute atomic E-state index is 12.2. The summed E-state index contributed by atoms with van der Waals surface area (Å²) in [5, 5.41) is 0.